The SMILES string of the molecule is [CH2]Cc1cc(C(N)=O)ccc1F. The fraction of sp³-hybridized carbons (Fsp3) is 0.111. The summed E-state index contributed by atoms with van der Waals surface area (Å²) in [4.78, 5) is 10.7. The molecule has 1 aromatic carbocycles. The standard InChI is InChI=1S/C9H9FNO/c1-2-6-5-7(9(11)12)3-4-8(6)10/h3-5H,1-2H2,(H2,11,12). The van der Waals surface area contributed by atoms with Gasteiger partial charge in [0.2, 0.25) is 5.91 Å². The predicted octanol–water partition coefficient (Wildman–Crippen LogP) is 1.30. The van der Waals surface area contributed by atoms with Crippen LogP contribution in [0.4, 0.5) is 4.39 Å². The highest BCUT2D eigenvalue weighted by Gasteiger charge is 2.04. The summed E-state index contributed by atoms with van der Waals surface area (Å²) in [5, 5.41) is 0. The van der Waals surface area contributed by atoms with Gasteiger partial charge in [0.25, 0.3) is 0 Å². The van der Waals surface area contributed by atoms with E-state index in [2.05, 4.69) is 6.92 Å². The molecule has 2 N–H and O–H groups in total. The van der Waals surface area contributed by atoms with Crippen LogP contribution in [0.3, 0.4) is 0 Å². The minimum Gasteiger partial charge on any atom is -0.366 e. The molecule has 1 amide bonds. The predicted molar refractivity (Wildman–Crippen MR) is 44.0 cm³/mol. The van der Waals surface area contributed by atoms with Gasteiger partial charge in [-0.15, -0.1) is 0 Å². The smallest absolute Gasteiger partial charge is 0.248 e. The summed E-state index contributed by atoms with van der Waals surface area (Å²) in [5.41, 5.74) is 5.73. The number of carbonyl (C=O) groups excluding carboxylic acids is 1. The fourth-order valence-electron chi connectivity index (χ4n) is 0.920. The topological polar surface area (TPSA) is 43.1 Å². The van der Waals surface area contributed by atoms with E-state index >= 15 is 0 Å². The van der Waals surface area contributed by atoms with Crippen molar-refractivity contribution in [1.82, 2.24) is 0 Å². The minimum absolute atomic E-state index is 0.312. The van der Waals surface area contributed by atoms with E-state index in [4.69, 9.17) is 5.73 Å². The summed E-state index contributed by atoms with van der Waals surface area (Å²) in [5.74, 6) is -0.903. The molecule has 12 heavy (non-hydrogen) atoms. The van der Waals surface area contributed by atoms with Crippen LogP contribution < -0.4 is 5.73 Å². The van der Waals surface area contributed by atoms with Crippen molar-refractivity contribution in [3.05, 3.63) is 42.1 Å². The molecule has 0 saturated heterocycles. The Bertz CT molecular complexity index is 309. The number of hydrogen-bond donors (Lipinski definition) is 1. The molecule has 1 radical (unpaired) electrons. The number of nitrogens with two attached hydrogens (primary N) is 1. The summed E-state index contributed by atoms with van der Waals surface area (Å²) in [6.07, 6.45) is 0.312. The summed E-state index contributed by atoms with van der Waals surface area (Å²) < 4.78 is 12.8. The lowest BCUT2D eigenvalue weighted by Gasteiger charge is -2.00. The maximum atomic E-state index is 12.8. The first-order valence-corrected chi connectivity index (χ1v) is 3.52. The van der Waals surface area contributed by atoms with Gasteiger partial charge in [-0.2, -0.15) is 0 Å². The normalized spacial score (nSPS) is 9.83. The molecule has 0 unspecified atom stereocenters. The monoisotopic (exact) mass is 166 g/mol. The molecule has 1 rings (SSSR count). The average Bonchev–Trinajstić information content (AvgIpc) is 2.05. The molecule has 0 spiro atoms. The van der Waals surface area contributed by atoms with Crippen molar-refractivity contribution < 1.29 is 9.18 Å². The highest BCUT2D eigenvalue weighted by atomic mass is 19.1. The summed E-state index contributed by atoms with van der Waals surface area (Å²) >= 11 is 0. The Labute approximate surface area is 70.2 Å². The van der Waals surface area contributed by atoms with Gasteiger partial charge in [-0.05, 0) is 37.1 Å². The van der Waals surface area contributed by atoms with Crippen LogP contribution in [-0.2, 0) is 6.42 Å². The number of rotatable bonds is 2. The third-order valence-electron chi connectivity index (χ3n) is 1.60. The molecule has 2 nitrogen and oxygen atoms in total. The lowest BCUT2D eigenvalue weighted by atomic mass is 10.1. The highest BCUT2D eigenvalue weighted by molar-refractivity contribution is 5.92. The Morgan fingerprint density at radius 2 is 2.25 bits per heavy atom. The number of amides is 1. The van der Waals surface area contributed by atoms with Gasteiger partial charge in [-0.1, -0.05) is 0 Å². The number of benzene rings is 1. The first-order chi connectivity index (χ1) is 5.65. The van der Waals surface area contributed by atoms with Crippen molar-refractivity contribution in [2.75, 3.05) is 0 Å². The van der Waals surface area contributed by atoms with Crippen LogP contribution in [0.5, 0.6) is 0 Å². The molecule has 0 saturated carbocycles. The molecule has 0 aromatic heterocycles. The zero-order valence-electron chi connectivity index (χ0n) is 6.51. The summed E-state index contributed by atoms with van der Waals surface area (Å²) in [7, 11) is 0. The molecule has 3 heteroatoms. The third-order valence-corrected chi connectivity index (χ3v) is 1.60. The molecule has 0 aliphatic carbocycles. The minimum atomic E-state index is -0.551. The van der Waals surface area contributed by atoms with Gasteiger partial charge in [0.05, 0.1) is 0 Å². The molecular weight excluding hydrogens is 157 g/mol. The Morgan fingerprint density at radius 1 is 1.58 bits per heavy atom. The second kappa shape index (κ2) is 3.34. The number of hydrogen-bond acceptors (Lipinski definition) is 1. The van der Waals surface area contributed by atoms with Crippen LogP contribution in [0.2, 0.25) is 0 Å². The Balaban J connectivity index is 3.13. The molecule has 0 fully saturated rings. The molecule has 1 aromatic rings. The number of carbonyl (C=O) groups is 1. The van der Waals surface area contributed by atoms with Crippen LogP contribution in [0, 0.1) is 12.7 Å². The van der Waals surface area contributed by atoms with Crippen LogP contribution >= 0.6 is 0 Å². The Kier molecular flexibility index (Phi) is 2.43. The fourth-order valence-corrected chi connectivity index (χ4v) is 0.920. The Hall–Kier alpha value is -1.38. The van der Waals surface area contributed by atoms with Gasteiger partial charge in [-0.25, -0.2) is 4.39 Å². The van der Waals surface area contributed by atoms with Gasteiger partial charge in [-0.3, -0.25) is 4.79 Å². The van der Waals surface area contributed by atoms with Crippen molar-refractivity contribution >= 4 is 5.91 Å². The summed E-state index contributed by atoms with van der Waals surface area (Å²) in [6.45, 7) is 3.53. The number of primary amides is 1. The van der Waals surface area contributed by atoms with Crippen LogP contribution in [0.15, 0.2) is 18.2 Å². The lowest BCUT2D eigenvalue weighted by Crippen LogP contribution is -2.11. The van der Waals surface area contributed by atoms with E-state index in [1.807, 2.05) is 0 Å². The molecule has 63 valence electrons. The van der Waals surface area contributed by atoms with Gasteiger partial charge in [0.1, 0.15) is 5.82 Å². The molecule has 0 aliphatic heterocycles. The molecule has 0 bridgehead atoms. The molecule has 0 aliphatic rings. The van der Waals surface area contributed by atoms with Crippen molar-refractivity contribution in [3.63, 3.8) is 0 Å². The van der Waals surface area contributed by atoms with E-state index in [1.54, 1.807) is 0 Å². The average molecular weight is 166 g/mol. The van der Waals surface area contributed by atoms with E-state index in [-0.39, 0.29) is 5.82 Å². The van der Waals surface area contributed by atoms with E-state index in [1.165, 1.54) is 18.2 Å². The first kappa shape index (κ1) is 8.71. The lowest BCUT2D eigenvalue weighted by molar-refractivity contribution is 0.1000. The molecular formula is C9H9FNO. The zero-order chi connectivity index (χ0) is 9.14. The van der Waals surface area contributed by atoms with Crippen molar-refractivity contribution in [2.45, 2.75) is 6.42 Å². The van der Waals surface area contributed by atoms with Crippen molar-refractivity contribution in [1.29, 1.82) is 0 Å². The second-order valence-corrected chi connectivity index (χ2v) is 2.42. The maximum Gasteiger partial charge on any atom is 0.248 e. The molecule has 0 atom stereocenters. The van der Waals surface area contributed by atoms with Gasteiger partial charge < -0.3 is 5.73 Å². The van der Waals surface area contributed by atoms with Crippen LogP contribution in [0.25, 0.3) is 0 Å². The quantitative estimate of drug-likeness (QED) is 0.707. The van der Waals surface area contributed by atoms with Crippen LogP contribution in [-0.4, -0.2) is 5.91 Å². The first-order valence-electron chi connectivity index (χ1n) is 3.52. The maximum absolute atomic E-state index is 12.8. The largest absolute Gasteiger partial charge is 0.366 e. The number of halogens is 1. The van der Waals surface area contributed by atoms with Gasteiger partial charge in [0, 0.05) is 5.56 Å². The van der Waals surface area contributed by atoms with Gasteiger partial charge >= 0.3 is 0 Å². The van der Waals surface area contributed by atoms with Gasteiger partial charge in [0.15, 0.2) is 0 Å². The van der Waals surface area contributed by atoms with E-state index < -0.39 is 5.91 Å². The molecule has 0 heterocycles. The van der Waals surface area contributed by atoms with Crippen LogP contribution in [0.1, 0.15) is 15.9 Å². The zero-order valence-corrected chi connectivity index (χ0v) is 6.51. The van der Waals surface area contributed by atoms with E-state index in [0.29, 0.717) is 17.5 Å². The van der Waals surface area contributed by atoms with E-state index in [0.717, 1.165) is 0 Å². The van der Waals surface area contributed by atoms with Crippen molar-refractivity contribution in [3.8, 4) is 0 Å². The van der Waals surface area contributed by atoms with Crippen molar-refractivity contribution in [2.24, 2.45) is 5.73 Å². The second-order valence-electron chi connectivity index (χ2n) is 2.42. The Morgan fingerprint density at radius 3 is 2.75 bits per heavy atom. The summed E-state index contributed by atoms with van der Waals surface area (Å²) in [6, 6.07) is 4.00. The third kappa shape index (κ3) is 1.61. The van der Waals surface area contributed by atoms with E-state index in [9.17, 15) is 9.18 Å². The highest BCUT2D eigenvalue weighted by Crippen LogP contribution is 2.10.